The molecular formula is C16H23ClO2. The van der Waals surface area contributed by atoms with Gasteiger partial charge in [0, 0.05) is 5.02 Å². The Balaban J connectivity index is 2.06. The minimum Gasteiger partial charge on any atom is -0.465 e. The molecule has 1 aromatic carbocycles. The van der Waals surface area contributed by atoms with Gasteiger partial charge in [0.15, 0.2) is 0 Å². The Morgan fingerprint density at radius 3 is 2.37 bits per heavy atom. The standard InChI is InChI=1S/C16H23ClO2/c1-2-3-4-5-6-7-12-19-16(18)13-14-8-10-15(17)11-9-14/h8-11H,2-7,12-13H2,1H3. The monoisotopic (exact) mass is 282 g/mol. The first-order valence-corrected chi connectivity index (χ1v) is 7.50. The molecule has 0 N–H and O–H groups in total. The lowest BCUT2D eigenvalue weighted by atomic mass is 10.1. The largest absolute Gasteiger partial charge is 0.465 e. The first-order chi connectivity index (χ1) is 9.22. The molecule has 0 fully saturated rings. The number of ether oxygens (including phenoxy) is 1. The van der Waals surface area contributed by atoms with Crippen molar-refractivity contribution in [2.24, 2.45) is 0 Å². The Morgan fingerprint density at radius 2 is 1.68 bits per heavy atom. The molecule has 106 valence electrons. The molecule has 0 atom stereocenters. The number of hydrogen-bond acceptors (Lipinski definition) is 2. The lowest BCUT2D eigenvalue weighted by Crippen LogP contribution is -2.09. The highest BCUT2D eigenvalue weighted by molar-refractivity contribution is 6.30. The van der Waals surface area contributed by atoms with Gasteiger partial charge in [0.2, 0.25) is 0 Å². The summed E-state index contributed by atoms with van der Waals surface area (Å²) in [4.78, 5) is 11.6. The SMILES string of the molecule is CCCCCCCCOC(=O)Cc1ccc(Cl)cc1. The normalized spacial score (nSPS) is 10.4. The van der Waals surface area contributed by atoms with Crippen LogP contribution in [0.3, 0.4) is 0 Å². The highest BCUT2D eigenvalue weighted by atomic mass is 35.5. The van der Waals surface area contributed by atoms with E-state index in [2.05, 4.69) is 6.92 Å². The number of hydrogen-bond donors (Lipinski definition) is 0. The zero-order valence-corrected chi connectivity index (χ0v) is 12.4. The molecule has 3 heteroatoms. The van der Waals surface area contributed by atoms with Crippen molar-refractivity contribution in [1.82, 2.24) is 0 Å². The van der Waals surface area contributed by atoms with Crippen molar-refractivity contribution in [3.8, 4) is 0 Å². The van der Waals surface area contributed by atoms with Gasteiger partial charge in [0.1, 0.15) is 0 Å². The highest BCUT2D eigenvalue weighted by Gasteiger charge is 2.04. The molecule has 0 saturated carbocycles. The molecular weight excluding hydrogens is 260 g/mol. The van der Waals surface area contributed by atoms with E-state index in [1.807, 2.05) is 12.1 Å². The van der Waals surface area contributed by atoms with Crippen molar-refractivity contribution < 1.29 is 9.53 Å². The molecule has 1 rings (SSSR count). The zero-order valence-electron chi connectivity index (χ0n) is 11.7. The molecule has 0 aliphatic heterocycles. The second-order valence-electron chi connectivity index (χ2n) is 4.79. The lowest BCUT2D eigenvalue weighted by molar-refractivity contribution is -0.142. The van der Waals surface area contributed by atoms with Crippen LogP contribution in [0.2, 0.25) is 5.02 Å². The van der Waals surface area contributed by atoms with Gasteiger partial charge in [-0.3, -0.25) is 4.79 Å². The van der Waals surface area contributed by atoms with Gasteiger partial charge in [-0.1, -0.05) is 62.8 Å². The molecule has 0 aliphatic carbocycles. The van der Waals surface area contributed by atoms with E-state index in [0.717, 1.165) is 18.4 Å². The topological polar surface area (TPSA) is 26.3 Å². The van der Waals surface area contributed by atoms with Gasteiger partial charge in [0.05, 0.1) is 13.0 Å². The predicted molar refractivity (Wildman–Crippen MR) is 79.5 cm³/mol. The average Bonchev–Trinajstić information content (AvgIpc) is 2.40. The summed E-state index contributed by atoms with van der Waals surface area (Å²) >= 11 is 5.79. The summed E-state index contributed by atoms with van der Waals surface area (Å²) in [6.45, 7) is 2.75. The predicted octanol–water partition coefficient (Wildman–Crippen LogP) is 4.79. The molecule has 2 nitrogen and oxygen atoms in total. The molecule has 0 radical (unpaired) electrons. The summed E-state index contributed by atoms with van der Waals surface area (Å²) < 4.78 is 5.21. The minimum absolute atomic E-state index is 0.157. The third-order valence-corrected chi connectivity index (χ3v) is 3.27. The number of halogens is 1. The van der Waals surface area contributed by atoms with E-state index in [9.17, 15) is 4.79 Å². The van der Waals surface area contributed by atoms with Gasteiger partial charge in [-0.2, -0.15) is 0 Å². The second-order valence-corrected chi connectivity index (χ2v) is 5.23. The summed E-state index contributed by atoms with van der Waals surface area (Å²) in [5.41, 5.74) is 0.942. The summed E-state index contributed by atoms with van der Waals surface area (Å²) in [5.74, 6) is -0.157. The van der Waals surface area contributed by atoms with E-state index < -0.39 is 0 Å². The second kappa shape index (κ2) is 9.85. The van der Waals surface area contributed by atoms with Crippen LogP contribution in [0.15, 0.2) is 24.3 Å². The fourth-order valence-electron chi connectivity index (χ4n) is 1.89. The third-order valence-electron chi connectivity index (χ3n) is 3.02. The summed E-state index contributed by atoms with van der Waals surface area (Å²) in [5, 5.41) is 0.684. The van der Waals surface area contributed by atoms with Crippen molar-refractivity contribution in [3.63, 3.8) is 0 Å². The minimum atomic E-state index is -0.157. The van der Waals surface area contributed by atoms with Gasteiger partial charge in [-0.05, 0) is 24.1 Å². The van der Waals surface area contributed by atoms with Gasteiger partial charge < -0.3 is 4.74 Å². The van der Waals surface area contributed by atoms with Crippen LogP contribution in [0.4, 0.5) is 0 Å². The summed E-state index contributed by atoms with van der Waals surface area (Å²) in [6, 6.07) is 7.29. The first-order valence-electron chi connectivity index (χ1n) is 7.12. The maximum Gasteiger partial charge on any atom is 0.310 e. The number of carbonyl (C=O) groups excluding carboxylic acids is 1. The summed E-state index contributed by atoms with van der Waals surface area (Å²) in [7, 11) is 0. The van der Waals surface area contributed by atoms with E-state index in [-0.39, 0.29) is 5.97 Å². The van der Waals surface area contributed by atoms with E-state index in [1.165, 1.54) is 25.7 Å². The Labute approximate surface area is 121 Å². The fraction of sp³-hybridized carbons (Fsp3) is 0.562. The van der Waals surface area contributed by atoms with Crippen LogP contribution in [0.1, 0.15) is 51.0 Å². The van der Waals surface area contributed by atoms with Crippen LogP contribution in [0.25, 0.3) is 0 Å². The quantitative estimate of drug-likeness (QED) is 0.481. The molecule has 0 aromatic heterocycles. The molecule has 1 aromatic rings. The van der Waals surface area contributed by atoms with Crippen LogP contribution in [0.5, 0.6) is 0 Å². The molecule has 0 unspecified atom stereocenters. The van der Waals surface area contributed by atoms with Crippen LogP contribution in [0, 0.1) is 0 Å². The van der Waals surface area contributed by atoms with Crippen LogP contribution in [-0.4, -0.2) is 12.6 Å². The molecule has 19 heavy (non-hydrogen) atoms. The highest BCUT2D eigenvalue weighted by Crippen LogP contribution is 2.10. The number of rotatable bonds is 9. The Hall–Kier alpha value is -1.02. The Bertz CT molecular complexity index is 360. The van der Waals surface area contributed by atoms with Gasteiger partial charge in [0.25, 0.3) is 0 Å². The maximum atomic E-state index is 11.6. The van der Waals surface area contributed by atoms with E-state index in [1.54, 1.807) is 12.1 Å². The van der Waals surface area contributed by atoms with Crippen molar-refractivity contribution >= 4 is 17.6 Å². The number of esters is 1. The smallest absolute Gasteiger partial charge is 0.310 e. The zero-order chi connectivity index (χ0) is 13.9. The molecule has 0 heterocycles. The van der Waals surface area contributed by atoms with Gasteiger partial charge in [-0.15, -0.1) is 0 Å². The number of carbonyl (C=O) groups is 1. The molecule has 0 saturated heterocycles. The van der Waals surface area contributed by atoms with E-state index in [0.29, 0.717) is 18.1 Å². The van der Waals surface area contributed by atoms with Crippen LogP contribution >= 0.6 is 11.6 Å². The average molecular weight is 283 g/mol. The molecule has 0 aliphatic rings. The number of unbranched alkanes of at least 4 members (excludes halogenated alkanes) is 5. The van der Waals surface area contributed by atoms with Crippen molar-refractivity contribution in [2.45, 2.75) is 51.9 Å². The summed E-state index contributed by atoms with van der Waals surface area (Å²) in [6.07, 6.45) is 7.53. The number of benzene rings is 1. The van der Waals surface area contributed by atoms with E-state index in [4.69, 9.17) is 16.3 Å². The van der Waals surface area contributed by atoms with Crippen molar-refractivity contribution in [1.29, 1.82) is 0 Å². The maximum absolute atomic E-state index is 11.6. The third kappa shape index (κ3) is 7.89. The van der Waals surface area contributed by atoms with Gasteiger partial charge in [-0.25, -0.2) is 0 Å². The lowest BCUT2D eigenvalue weighted by Gasteiger charge is -2.05. The van der Waals surface area contributed by atoms with Crippen LogP contribution in [-0.2, 0) is 16.0 Å². The van der Waals surface area contributed by atoms with Gasteiger partial charge >= 0.3 is 5.97 Å². The van der Waals surface area contributed by atoms with Crippen LogP contribution < -0.4 is 0 Å². The Morgan fingerprint density at radius 1 is 1.05 bits per heavy atom. The van der Waals surface area contributed by atoms with Crippen molar-refractivity contribution in [2.75, 3.05) is 6.61 Å². The molecule has 0 bridgehead atoms. The molecule has 0 spiro atoms. The van der Waals surface area contributed by atoms with Crippen molar-refractivity contribution in [3.05, 3.63) is 34.9 Å². The van der Waals surface area contributed by atoms with E-state index >= 15 is 0 Å². The fourth-order valence-corrected chi connectivity index (χ4v) is 2.01. The Kier molecular flexibility index (Phi) is 8.31. The first kappa shape index (κ1) is 16.0. The molecule has 0 amide bonds.